The Labute approximate surface area is 135 Å². The second-order valence-corrected chi connectivity index (χ2v) is 7.67. The highest BCUT2D eigenvalue weighted by molar-refractivity contribution is 7.91. The van der Waals surface area contributed by atoms with Crippen molar-refractivity contribution in [2.75, 3.05) is 6.54 Å². The Hall–Kier alpha value is -1.54. The zero-order valence-electron chi connectivity index (χ0n) is 13.1. The molecule has 3 N–H and O–H groups in total. The van der Waals surface area contributed by atoms with Gasteiger partial charge in [0.2, 0.25) is 15.7 Å². The summed E-state index contributed by atoms with van der Waals surface area (Å²) >= 11 is 0. The molecule has 1 unspecified atom stereocenters. The molecule has 8 heteroatoms. The van der Waals surface area contributed by atoms with Crippen LogP contribution in [0.15, 0.2) is 29.2 Å². The van der Waals surface area contributed by atoms with Crippen molar-refractivity contribution >= 4 is 15.7 Å². The van der Waals surface area contributed by atoms with Gasteiger partial charge in [-0.2, -0.15) is 8.78 Å². The molecule has 0 aliphatic heterocycles. The molecule has 0 radical (unpaired) electrons. The average Bonchev–Trinajstić information content (AvgIpc) is 2.46. The first-order chi connectivity index (χ1) is 10.7. The molecule has 5 nitrogen and oxygen atoms in total. The molecule has 0 saturated heterocycles. The van der Waals surface area contributed by atoms with Gasteiger partial charge in [-0.25, -0.2) is 8.42 Å². The monoisotopic (exact) mass is 348 g/mol. The maximum Gasteiger partial charge on any atom is 0.341 e. The summed E-state index contributed by atoms with van der Waals surface area (Å²) < 4.78 is 47.5. The molecule has 0 aliphatic carbocycles. The van der Waals surface area contributed by atoms with E-state index >= 15 is 0 Å². The SMILES string of the molecule is CC(C)CC(CN)NC(=O)Cc1ccc(S(=O)(=O)C(F)F)cc1. The second-order valence-electron chi connectivity index (χ2n) is 5.76. The minimum atomic E-state index is -4.61. The minimum Gasteiger partial charge on any atom is -0.352 e. The lowest BCUT2D eigenvalue weighted by atomic mass is 10.0. The van der Waals surface area contributed by atoms with Gasteiger partial charge in [0.1, 0.15) is 0 Å². The first kappa shape index (κ1) is 19.5. The van der Waals surface area contributed by atoms with Crippen molar-refractivity contribution in [3.63, 3.8) is 0 Å². The highest BCUT2D eigenvalue weighted by atomic mass is 32.2. The standard InChI is InChI=1S/C15H22F2N2O3S/c1-10(2)7-12(9-18)19-14(20)8-11-3-5-13(6-4-11)23(21,22)15(16)17/h3-6,10,12,15H,7-9,18H2,1-2H3,(H,19,20). The van der Waals surface area contributed by atoms with E-state index in [0.29, 0.717) is 18.0 Å². The highest BCUT2D eigenvalue weighted by Gasteiger charge is 2.26. The third-order valence-electron chi connectivity index (χ3n) is 3.26. The molecule has 130 valence electrons. The van der Waals surface area contributed by atoms with Gasteiger partial charge in [0.05, 0.1) is 11.3 Å². The van der Waals surface area contributed by atoms with Crippen molar-refractivity contribution in [1.29, 1.82) is 0 Å². The molecule has 0 spiro atoms. The van der Waals surface area contributed by atoms with Gasteiger partial charge in [-0.3, -0.25) is 4.79 Å². The minimum absolute atomic E-state index is 0.0314. The van der Waals surface area contributed by atoms with Gasteiger partial charge in [-0.15, -0.1) is 0 Å². The number of hydrogen-bond donors (Lipinski definition) is 2. The molecular formula is C15H22F2N2O3S. The molecule has 23 heavy (non-hydrogen) atoms. The summed E-state index contributed by atoms with van der Waals surface area (Å²) in [5.41, 5.74) is 6.14. The maximum atomic E-state index is 12.4. The van der Waals surface area contributed by atoms with Crippen molar-refractivity contribution in [3.8, 4) is 0 Å². The fourth-order valence-electron chi connectivity index (χ4n) is 2.15. The van der Waals surface area contributed by atoms with Crippen LogP contribution >= 0.6 is 0 Å². The van der Waals surface area contributed by atoms with Crippen molar-refractivity contribution in [1.82, 2.24) is 5.32 Å². The molecule has 1 atom stereocenters. The Morgan fingerprint density at radius 1 is 1.22 bits per heavy atom. The fraction of sp³-hybridized carbons (Fsp3) is 0.533. The number of sulfone groups is 1. The summed E-state index contributed by atoms with van der Waals surface area (Å²) in [6.07, 6.45) is 0.789. The van der Waals surface area contributed by atoms with Gasteiger partial charge in [0.15, 0.2) is 0 Å². The van der Waals surface area contributed by atoms with Crippen LogP contribution in [0.5, 0.6) is 0 Å². The number of halogens is 2. The predicted molar refractivity (Wildman–Crippen MR) is 83.8 cm³/mol. The van der Waals surface area contributed by atoms with Gasteiger partial charge < -0.3 is 11.1 Å². The van der Waals surface area contributed by atoms with E-state index in [1.54, 1.807) is 0 Å². The van der Waals surface area contributed by atoms with Crippen LogP contribution in [0.1, 0.15) is 25.8 Å². The van der Waals surface area contributed by atoms with Crippen LogP contribution in [-0.4, -0.2) is 32.7 Å². The Bertz CT molecular complexity index is 616. The van der Waals surface area contributed by atoms with Crippen LogP contribution in [0.2, 0.25) is 0 Å². The van der Waals surface area contributed by atoms with Crippen molar-refractivity contribution in [2.45, 2.75) is 43.4 Å². The van der Waals surface area contributed by atoms with Gasteiger partial charge in [0.25, 0.3) is 0 Å². The quantitative estimate of drug-likeness (QED) is 0.748. The molecule has 0 heterocycles. The number of carbonyl (C=O) groups is 1. The molecule has 0 bridgehead atoms. The fourth-order valence-corrected chi connectivity index (χ4v) is 2.87. The molecule has 1 aromatic carbocycles. The third-order valence-corrected chi connectivity index (χ3v) is 4.66. The van der Waals surface area contributed by atoms with E-state index in [4.69, 9.17) is 5.73 Å². The van der Waals surface area contributed by atoms with Crippen LogP contribution in [0.3, 0.4) is 0 Å². The average molecular weight is 348 g/mol. The summed E-state index contributed by atoms with van der Waals surface area (Å²) in [6.45, 7) is 4.38. The third kappa shape index (κ3) is 5.87. The predicted octanol–water partition coefficient (Wildman–Crippen LogP) is 1.72. The van der Waals surface area contributed by atoms with Crippen molar-refractivity contribution in [3.05, 3.63) is 29.8 Å². The van der Waals surface area contributed by atoms with Gasteiger partial charge >= 0.3 is 5.76 Å². The summed E-state index contributed by atoms with van der Waals surface area (Å²) in [5.74, 6) is -3.31. The van der Waals surface area contributed by atoms with Crippen LogP contribution in [0.25, 0.3) is 0 Å². The van der Waals surface area contributed by atoms with Gasteiger partial charge in [-0.05, 0) is 30.0 Å². The van der Waals surface area contributed by atoms with E-state index in [9.17, 15) is 22.0 Å². The zero-order chi connectivity index (χ0) is 17.6. The number of carbonyl (C=O) groups excluding carboxylic acids is 1. The van der Waals surface area contributed by atoms with E-state index in [-0.39, 0.29) is 18.4 Å². The Morgan fingerprint density at radius 3 is 2.22 bits per heavy atom. The lowest BCUT2D eigenvalue weighted by Gasteiger charge is -2.18. The molecule has 0 aliphatic rings. The number of amides is 1. The number of hydrogen-bond acceptors (Lipinski definition) is 4. The van der Waals surface area contributed by atoms with Crippen LogP contribution < -0.4 is 11.1 Å². The van der Waals surface area contributed by atoms with Crippen molar-refractivity contribution < 1.29 is 22.0 Å². The summed E-state index contributed by atoms with van der Waals surface area (Å²) in [6, 6.07) is 4.75. The van der Waals surface area contributed by atoms with E-state index in [2.05, 4.69) is 5.32 Å². The van der Waals surface area contributed by atoms with Crippen LogP contribution in [0, 0.1) is 5.92 Å². The number of nitrogens with two attached hydrogens (primary N) is 1. The van der Waals surface area contributed by atoms with E-state index in [0.717, 1.165) is 18.6 Å². The molecular weight excluding hydrogens is 326 g/mol. The van der Waals surface area contributed by atoms with Crippen LogP contribution in [0.4, 0.5) is 8.78 Å². The normalized spacial score (nSPS) is 13.3. The maximum absolute atomic E-state index is 12.4. The lowest BCUT2D eigenvalue weighted by molar-refractivity contribution is -0.121. The number of benzene rings is 1. The zero-order valence-corrected chi connectivity index (χ0v) is 13.9. The topological polar surface area (TPSA) is 89.3 Å². The first-order valence-corrected chi connectivity index (χ1v) is 8.81. The largest absolute Gasteiger partial charge is 0.352 e. The molecule has 1 amide bonds. The van der Waals surface area contributed by atoms with E-state index in [1.165, 1.54) is 12.1 Å². The molecule has 0 aromatic heterocycles. The summed E-state index contributed by atoms with van der Waals surface area (Å²) in [4.78, 5) is 11.5. The lowest BCUT2D eigenvalue weighted by Crippen LogP contribution is -2.41. The number of nitrogens with one attached hydrogen (secondary N) is 1. The Kier molecular flexibility index (Phi) is 7.08. The molecule has 1 aromatic rings. The molecule has 0 saturated carbocycles. The number of rotatable bonds is 8. The smallest absolute Gasteiger partial charge is 0.341 e. The van der Waals surface area contributed by atoms with Crippen LogP contribution in [-0.2, 0) is 21.1 Å². The Balaban J connectivity index is 2.70. The van der Waals surface area contributed by atoms with Crippen molar-refractivity contribution in [2.24, 2.45) is 11.7 Å². The van der Waals surface area contributed by atoms with E-state index in [1.807, 2.05) is 13.8 Å². The molecule has 1 rings (SSSR count). The second kappa shape index (κ2) is 8.35. The summed E-state index contributed by atoms with van der Waals surface area (Å²) in [7, 11) is -4.61. The Morgan fingerprint density at radius 2 is 1.78 bits per heavy atom. The highest BCUT2D eigenvalue weighted by Crippen LogP contribution is 2.18. The summed E-state index contributed by atoms with van der Waals surface area (Å²) in [5, 5.41) is 2.81. The number of alkyl halides is 2. The van der Waals surface area contributed by atoms with E-state index < -0.39 is 20.5 Å². The molecule has 0 fully saturated rings. The van der Waals surface area contributed by atoms with Gasteiger partial charge in [0, 0.05) is 12.6 Å². The first-order valence-electron chi connectivity index (χ1n) is 7.27. The van der Waals surface area contributed by atoms with Gasteiger partial charge in [-0.1, -0.05) is 26.0 Å².